The summed E-state index contributed by atoms with van der Waals surface area (Å²) >= 11 is 0. The highest BCUT2D eigenvalue weighted by Gasteiger charge is 2.33. The van der Waals surface area contributed by atoms with Gasteiger partial charge >= 0.3 is 12.1 Å². The number of nitrogens with one attached hydrogen (secondary N) is 1. The molecule has 7 heteroatoms. The number of ether oxygens (including phenoxy) is 1. The van der Waals surface area contributed by atoms with Crippen molar-refractivity contribution in [3.05, 3.63) is 29.8 Å². The molecule has 1 aliphatic heterocycles. The molecular weight excluding hydrogens is 343 g/mol. The Kier molecular flexibility index (Phi) is 7.30. The van der Waals surface area contributed by atoms with Gasteiger partial charge in [0.25, 0.3) is 0 Å². The van der Waals surface area contributed by atoms with Crippen molar-refractivity contribution in [3.63, 3.8) is 0 Å². The number of carbonyl (C=O) groups is 2. The van der Waals surface area contributed by atoms with Crippen LogP contribution in [0.25, 0.3) is 0 Å². The first kappa shape index (κ1) is 21.3. The minimum Gasteiger partial charge on any atom is -0.480 e. The molecule has 2 N–H and O–H groups in total. The fourth-order valence-electron chi connectivity index (χ4n) is 3.72. The van der Waals surface area contributed by atoms with Gasteiger partial charge in [-0.1, -0.05) is 39.3 Å². The molecule has 2 rings (SSSR count). The summed E-state index contributed by atoms with van der Waals surface area (Å²) in [6.07, 6.45) is 3.37. The van der Waals surface area contributed by atoms with E-state index in [-0.39, 0.29) is 11.3 Å². The molecule has 0 spiro atoms. The van der Waals surface area contributed by atoms with Crippen LogP contribution in [0.5, 0.6) is 5.75 Å². The molecule has 1 aliphatic rings. The molecule has 1 amide bonds. The fraction of sp³-hybridized carbons (Fsp3) is 0.600. The molecule has 1 saturated heterocycles. The molecule has 0 saturated carbocycles. The Morgan fingerprint density at radius 3 is 2.74 bits per heavy atom. The lowest BCUT2D eigenvalue weighted by Crippen LogP contribution is -2.45. The van der Waals surface area contributed by atoms with Gasteiger partial charge in [0, 0.05) is 5.41 Å². The number of nitrogens with zero attached hydrogens (tertiary/aromatic N) is 1. The molecule has 0 aromatic heterocycles. The van der Waals surface area contributed by atoms with Crippen LogP contribution in [-0.2, 0) is 10.2 Å². The monoisotopic (exact) mass is 372 g/mol. The zero-order chi connectivity index (χ0) is 20.0. The van der Waals surface area contributed by atoms with Crippen LogP contribution < -0.4 is 10.1 Å². The summed E-state index contributed by atoms with van der Waals surface area (Å²) in [7, 11) is 6.14. The summed E-state index contributed by atoms with van der Waals surface area (Å²) < 4.78 is 5.37. The second kappa shape index (κ2) is 9.26. The average Bonchev–Trinajstić information content (AvgIpc) is 2.81. The van der Waals surface area contributed by atoms with E-state index in [0.29, 0.717) is 5.75 Å². The van der Waals surface area contributed by atoms with E-state index >= 15 is 0 Å². The summed E-state index contributed by atoms with van der Waals surface area (Å²) in [4.78, 5) is 25.3. The van der Waals surface area contributed by atoms with Crippen LogP contribution in [0.15, 0.2) is 24.3 Å². The molecule has 1 aromatic rings. The van der Waals surface area contributed by atoms with Gasteiger partial charge in [0.1, 0.15) is 11.8 Å². The van der Waals surface area contributed by atoms with Gasteiger partial charge in [0.05, 0.1) is 0 Å². The van der Waals surface area contributed by atoms with E-state index in [2.05, 4.69) is 12.2 Å². The third-order valence-corrected chi connectivity index (χ3v) is 5.40. The Bertz CT molecular complexity index is 667. The Labute approximate surface area is 162 Å². The number of hydrogen-bond donors (Lipinski definition) is 2. The Morgan fingerprint density at radius 1 is 1.37 bits per heavy atom. The number of benzene rings is 1. The molecule has 146 valence electrons. The third kappa shape index (κ3) is 5.48. The predicted molar refractivity (Wildman–Crippen MR) is 105 cm³/mol. The first-order chi connectivity index (χ1) is 12.8. The summed E-state index contributed by atoms with van der Waals surface area (Å²) in [5, 5.41) is 11.6. The van der Waals surface area contributed by atoms with Crippen LogP contribution in [0.2, 0.25) is 0 Å². The normalized spacial score (nSPS) is 22.1. The molecule has 0 aliphatic carbocycles. The first-order valence-electron chi connectivity index (χ1n) is 9.59. The van der Waals surface area contributed by atoms with Crippen molar-refractivity contribution in [2.24, 2.45) is 5.92 Å². The van der Waals surface area contributed by atoms with E-state index in [0.717, 1.165) is 44.3 Å². The summed E-state index contributed by atoms with van der Waals surface area (Å²) in [6.45, 7) is 7.25. The van der Waals surface area contributed by atoms with Crippen molar-refractivity contribution in [1.29, 1.82) is 0 Å². The van der Waals surface area contributed by atoms with Crippen molar-refractivity contribution in [2.45, 2.75) is 57.9 Å². The molecule has 2 radical (unpaired) electrons. The van der Waals surface area contributed by atoms with Gasteiger partial charge in [-0.25, -0.2) is 9.59 Å². The van der Waals surface area contributed by atoms with E-state index in [9.17, 15) is 14.7 Å². The summed E-state index contributed by atoms with van der Waals surface area (Å²) in [6, 6.07) is 6.48. The number of hydrogen-bond acceptors (Lipinski definition) is 4. The topological polar surface area (TPSA) is 78.9 Å². The second-order valence-electron chi connectivity index (χ2n) is 7.68. The van der Waals surface area contributed by atoms with E-state index in [1.165, 1.54) is 0 Å². The van der Waals surface area contributed by atoms with Crippen LogP contribution in [0.4, 0.5) is 4.79 Å². The largest absolute Gasteiger partial charge is 0.480 e. The van der Waals surface area contributed by atoms with Crippen LogP contribution in [0, 0.1) is 5.92 Å². The Hall–Kier alpha value is -2.02. The molecule has 1 fully saturated rings. The number of aliphatic carboxylic acids is 1. The molecular formula is C20H29BN2O4. The molecule has 1 heterocycles. The lowest BCUT2D eigenvalue weighted by molar-refractivity contribution is -0.140. The van der Waals surface area contributed by atoms with E-state index < -0.39 is 18.1 Å². The highest BCUT2D eigenvalue weighted by Crippen LogP contribution is 2.37. The predicted octanol–water partition coefficient (Wildman–Crippen LogP) is 3.10. The molecule has 0 bridgehead atoms. The van der Waals surface area contributed by atoms with Crippen molar-refractivity contribution < 1.29 is 19.4 Å². The molecule has 6 nitrogen and oxygen atoms in total. The number of rotatable bonds is 6. The number of amides is 1. The number of carboxylic acid groups (broad SMARTS) is 1. The first-order valence-corrected chi connectivity index (χ1v) is 9.59. The second-order valence-corrected chi connectivity index (χ2v) is 7.68. The SMILES string of the molecule is [B]N1CCCCC(CC)(c2cccc(OC(=O)N[C@H](C(=O)O)C(C)C)c2)C1. The smallest absolute Gasteiger partial charge is 0.413 e. The molecule has 1 unspecified atom stereocenters. The van der Waals surface area contributed by atoms with Gasteiger partial charge in [0.2, 0.25) is 0 Å². The highest BCUT2D eigenvalue weighted by molar-refractivity contribution is 6.04. The zero-order valence-corrected chi connectivity index (χ0v) is 16.4. The minimum absolute atomic E-state index is 0.0807. The quantitative estimate of drug-likeness (QED) is 0.751. The van der Waals surface area contributed by atoms with Crippen LogP contribution >= 0.6 is 0 Å². The van der Waals surface area contributed by atoms with E-state index in [4.69, 9.17) is 12.7 Å². The maximum absolute atomic E-state index is 12.2. The zero-order valence-electron chi connectivity index (χ0n) is 16.4. The van der Waals surface area contributed by atoms with Crippen LogP contribution in [0.3, 0.4) is 0 Å². The average molecular weight is 372 g/mol. The van der Waals surface area contributed by atoms with Crippen molar-refractivity contribution in [2.75, 3.05) is 13.1 Å². The molecule has 2 atom stereocenters. The highest BCUT2D eigenvalue weighted by atomic mass is 16.6. The van der Waals surface area contributed by atoms with Crippen LogP contribution in [-0.4, -0.2) is 49.1 Å². The minimum atomic E-state index is -1.08. The number of carboxylic acids is 1. The van der Waals surface area contributed by atoms with Crippen molar-refractivity contribution in [1.82, 2.24) is 10.1 Å². The van der Waals surface area contributed by atoms with E-state index in [1.807, 2.05) is 23.0 Å². The maximum Gasteiger partial charge on any atom is 0.413 e. The summed E-state index contributed by atoms with van der Waals surface area (Å²) in [5.74, 6) is -0.924. The van der Waals surface area contributed by atoms with Gasteiger partial charge < -0.3 is 20.0 Å². The third-order valence-electron chi connectivity index (χ3n) is 5.40. The van der Waals surface area contributed by atoms with Gasteiger partial charge in [-0.15, -0.1) is 0 Å². The lowest BCUT2D eigenvalue weighted by Gasteiger charge is -2.35. The van der Waals surface area contributed by atoms with Crippen molar-refractivity contribution >= 4 is 20.0 Å². The number of carbonyl (C=O) groups excluding carboxylic acids is 1. The van der Waals surface area contributed by atoms with Gasteiger partial charge in [0.15, 0.2) is 7.98 Å². The Balaban J connectivity index is 2.16. The standard InChI is InChI=1S/C20H29BN2O4/c1-4-20(10-5-6-11-23(21)13-20)15-8-7-9-16(12-15)27-19(26)22-17(14(2)3)18(24)25/h7-9,12,14,17H,4-6,10-11,13H2,1-3H3,(H,22,26)(H,24,25)/t17-,20?/m0/s1. The van der Waals surface area contributed by atoms with Gasteiger partial charge in [-0.3, -0.25) is 0 Å². The lowest BCUT2D eigenvalue weighted by atomic mass is 9.74. The molecule has 1 aromatic carbocycles. The molecule has 27 heavy (non-hydrogen) atoms. The van der Waals surface area contributed by atoms with Crippen molar-refractivity contribution in [3.8, 4) is 5.75 Å². The van der Waals surface area contributed by atoms with E-state index in [1.54, 1.807) is 19.9 Å². The maximum atomic E-state index is 12.2. The van der Waals surface area contributed by atoms with Gasteiger partial charge in [-0.2, -0.15) is 0 Å². The van der Waals surface area contributed by atoms with Crippen LogP contribution in [0.1, 0.15) is 52.0 Å². The Morgan fingerprint density at radius 2 is 2.11 bits per heavy atom. The fourth-order valence-corrected chi connectivity index (χ4v) is 3.72. The summed E-state index contributed by atoms with van der Waals surface area (Å²) in [5.41, 5.74) is 1.01. The van der Waals surface area contributed by atoms with Gasteiger partial charge in [-0.05, 0) is 56.0 Å².